The second kappa shape index (κ2) is 6.09. The minimum absolute atomic E-state index is 0.367. The molecule has 0 saturated heterocycles. The molecule has 0 aliphatic heterocycles. The zero-order valence-electron chi connectivity index (χ0n) is 10.7. The molecule has 17 heavy (non-hydrogen) atoms. The molecule has 3 nitrogen and oxygen atoms in total. The standard InChI is InChI=1S/C14H18O3/c1-5-16-14(15)9-11(3)17-13-8-6-7-10(2)12(13)4/h6-9H,5H2,1-4H3/b11-9+. The third kappa shape index (κ3) is 3.94. The lowest BCUT2D eigenvalue weighted by molar-refractivity contribution is -0.137. The van der Waals surface area contributed by atoms with Gasteiger partial charge in [0, 0.05) is 0 Å². The Hall–Kier alpha value is -1.77. The smallest absolute Gasteiger partial charge is 0.334 e. The summed E-state index contributed by atoms with van der Waals surface area (Å²) in [5.41, 5.74) is 2.23. The Morgan fingerprint density at radius 2 is 2.06 bits per heavy atom. The maximum atomic E-state index is 11.2. The van der Waals surface area contributed by atoms with Crippen molar-refractivity contribution in [1.29, 1.82) is 0 Å². The van der Waals surface area contributed by atoms with Crippen LogP contribution in [0.3, 0.4) is 0 Å². The second-order valence-corrected chi connectivity index (χ2v) is 3.81. The maximum Gasteiger partial charge on any atom is 0.334 e. The highest BCUT2D eigenvalue weighted by atomic mass is 16.5. The highest BCUT2D eigenvalue weighted by Gasteiger charge is 2.04. The van der Waals surface area contributed by atoms with Crippen LogP contribution in [-0.2, 0) is 9.53 Å². The van der Waals surface area contributed by atoms with Crippen LogP contribution in [0.2, 0.25) is 0 Å². The predicted octanol–water partition coefficient (Wildman–Crippen LogP) is 3.15. The van der Waals surface area contributed by atoms with E-state index in [2.05, 4.69) is 0 Å². The van der Waals surface area contributed by atoms with E-state index in [1.807, 2.05) is 32.0 Å². The van der Waals surface area contributed by atoms with Crippen molar-refractivity contribution in [3.05, 3.63) is 41.2 Å². The van der Waals surface area contributed by atoms with E-state index in [4.69, 9.17) is 9.47 Å². The van der Waals surface area contributed by atoms with Gasteiger partial charge in [0.15, 0.2) is 0 Å². The van der Waals surface area contributed by atoms with Crippen molar-refractivity contribution < 1.29 is 14.3 Å². The van der Waals surface area contributed by atoms with Gasteiger partial charge in [0.2, 0.25) is 0 Å². The Kier molecular flexibility index (Phi) is 4.76. The van der Waals surface area contributed by atoms with Gasteiger partial charge in [-0.1, -0.05) is 12.1 Å². The van der Waals surface area contributed by atoms with Crippen LogP contribution in [0, 0.1) is 13.8 Å². The first-order chi connectivity index (χ1) is 8.04. The van der Waals surface area contributed by atoms with Crippen LogP contribution in [0.1, 0.15) is 25.0 Å². The molecular weight excluding hydrogens is 216 g/mol. The van der Waals surface area contributed by atoms with Gasteiger partial charge in [-0.25, -0.2) is 4.79 Å². The molecule has 0 amide bonds. The molecular formula is C14H18O3. The summed E-state index contributed by atoms with van der Waals surface area (Å²) in [6.07, 6.45) is 1.35. The van der Waals surface area contributed by atoms with Crippen LogP contribution >= 0.6 is 0 Å². The van der Waals surface area contributed by atoms with Gasteiger partial charge >= 0.3 is 5.97 Å². The molecule has 0 N–H and O–H groups in total. The minimum atomic E-state index is -0.379. The Morgan fingerprint density at radius 3 is 2.71 bits per heavy atom. The van der Waals surface area contributed by atoms with Crippen molar-refractivity contribution in [3.8, 4) is 5.75 Å². The molecule has 0 bridgehead atoms. The van der Waals surface area contributed by atoms with E-state index in [-0.39, 0.29) is 5.97 Å². The van der Waals surface area contributed by atoms with Gasteiger partial charge in [-0.3, -0.25) is 0 Å². The minimum Gasteiger partial charge on any atom is -0.463 e. The molecule has 0 aliphatic carbocycles. The highest BCUT2D eigenvalue weighted by Crippen LogP contribution is 2.22. The Bertz CT molecular complexity index is 433. The summed E-state index contributed by atoms with van der Waals surface area (Å²) in [4.78, 5) is 11.2. The van der Waals surface area contributed by atoms with Gasteiger partial charge in [-0.2, -0.15) is 0 Å². The largest absolute Gasteiger partial charge is 0.463 e. The van der Waals surface area contributed by atoms with Crippen molar-refractivity contribution in [2.45, 2.75) is 27.7 Å². The fraction of sp³-hybridized carbons (Fsp3) is 0.357. The molecule has 0 heterocycles. The fourth-order valence-corrected chi connectivity index (χ4v) is 1.39. The molecule has 0 aliphatic rings. The molecule has 92 valence electrons. The Labute approximate surface area is 102 Å². The number of carbonyl (C=O) groups is 1. The summed E-state index contributed by atoms with van der Waals surface area (Å²) in [6.45, 7) is 7.88. The fourth-order valence-electron chi connectivity index (χ4n) is 1.39. The summed E-state index contributed by atoms with van der Waals surface area (Å²) in [5.74, 6) is 0.913. The van der Waals surface area contributed by atoms with E-state index < -0.39 is 0 Å². The van der Waals surface area contributed by atoms with Crippen LogP contribution in [-0.4, -0.2) is 12.6 Å². The molecule has 0 radical (unpaired) electrons. The van der Waals surface area contributed by atoms with E-state index in [9.17, 15) is 4.79 Å². The van der Waals surface area contributed by atoms with E-state index in [0.717, 1.165) is 16.9 Å². The molecule has 0 saturated carbocycles. The first-order valence-electron chi connectivity index (χ1n) is 5.63. The van der Waals surface area contributed by atoms with Crippen molar-refractivity contribution in [3.63, 3.8) is 0 Å². The van der Waals surface area contributed by atoms with Crippen LogP contribution in [0.4, 0.5) is 0 Å². The Morgan fingerprint density at radius 1 is 1.35 bits per heavy atom. The lowest BCUT2D eigenvalue weighted by Crippen LogP contribution is -2.03. The van der Waals surface area contributed by atoms with Gasteiger partial charge in [0.1, 0.15) is 11.5 Å². The quantitative estimate of drug-likeness (QED) is 0.456. The zero-order chi connectivity index (χ0) is 12.8. The van der Waals surface area contributed by atoms with E-state index in [1.54, 1.807) is 13.8 Å². The van der Waals surface area contributed by atoms with E-state index in [1.165, 1.54) is 6.08 Å². The summed E-state index contributed by atoms with van der Waals surface area (Å²) in [7, 11) is 0. The van der Waals surface area contributed by atoms with Gasteiger partial charge < -0.3 is 9.47 Å². The van der Waals surface area contributed by atoms with Crippen molar-refractivity contribution in [2.24, 2.45) is 0 Å². The normalized spacial score (nSPS) is 11.2. The van der Waals surface area contributed by atoms with Gasteiger partial charge in [0.05, 0.1) is 12.7 Å². The summed E-state index contributed by atoms with van der Waals surface area (Å²) in [6, 6.07) is 5.83. The number of hydrogen-bond donors (Lipinski definition) is 0. The van der Waals surface area contributed by atoms with Crippen molar-refractivity contribution in [1.82, 2.24) is 0 Å². The van der Waals surface area contributed by atoms with Crippen LogP contribution in [0.15, 0.2) is 30.0 Å². The van der Waals surface area contributed by atoms with Crippen LogP contribution in [0.5, 0.6) is 5.75 Å². The first kappa shape index (κ1) is 13.3. The summed E-state index contributed by atoms with van der Waals surface area (Å²) >= 11 is 0. The molecule has 0 spiro atoms. The zero-order valence-corrected chi connectivity index (χ0v) is 10.7. The molecule has 0 aromatic heterocycles. The van der Waals surface area contributed by atoms with Crippen LogP contribution in [0.25, 0.3) is 0 Å². The second-order valence-electron chi connectivity index (χ2n) is 3.81. The van der Waals surface area contributed by atoms with Crippen molar-refractivity contribution >= 4 is 5.97 Å². The average molecular weight is 234 g/mol. The lowest BCUT2D eigenvalue weighted by atomic mass is 10.1. The number of aryl methyl sites for hydroxylation is 1. The molecule has 0 unspecified atom stereocenters. The highest BCUT2D eigenvalue weighted by molar-refractivity contribution is 5.82. The number of carbonyl (C=O) groups excluding carboxylic acids is 1. The van der Waals surface area contributed by atoms with Gasteiger partial charge in [-0.15, -0.1) is 0 Å². The van der Waals surface area contributed by atoms with Crippen LogP contribution < -0.4 is 4.74 Å². The number of ether oxygens (including phenoxy) is 2. The monoisotopic (exact) mass is 234 g/mol. The average Bonchev–Trinajstić information content (AvgIpc) is 2.25. The van der Waals surface area contributed by atoms with E-state index in [0.29, 0.717) is 12.4 Å². The topological polar surface area (TPSA) is 35.5 Å². The molecule has 3 heteroatoms. The molecule has 1 aromatic carbocycles. The first-order valence-corrected chi connectivity index (χ1v) is 5.63. The predicted molar refractivity (Wildman–Crippen MR) is 66.9 cm³/mol. The van der Waals surface area contributed by atoms with E-state index >= 15 is 0 Å². The lowest BCUT2D eigenvalue weighted by Gasteiger charge is -2.10. The molecule has 0 atom stereocenters. The SMILES string of the molecule is CCOC(=O)/C=C(\C)Oc1cccc(C)c1C. The third-order valence-corrected chi connectivity index (χ3v) is 2.43. The number of esters is 1. The Balaban J connectivity index is 2.77. The number of allylic oxidation sites excluding steroid dienone is 1. The molecule has 1 rings (SSSR count). The number of hydrogen-bond acceptors (Lipinski definition) is 3. The van der Waals surface area contributed by atoms with Gasteiger partial charge in [-0.05, 0) is 44.9 Å². The van der Waals surface area contributed by atoms with Gasteiger partial charge in [0.25, 0.3) is 0 Å². The summed E-state index contributed by atoms with van der Waals surface area (Å²) < 4.78 is 10.4. The molecule has 1 aromatic rings. The third-order valence-electron chi connectivity index (χ3n) is 2.43. The summed E-state index contributed by atoms with van der Waals surface area (Å²) in [5, 5.41) is 0. The number of rotatable bonds is 4. The van der Waals surface area contributed by atoms with Crippen molar-refractivity contribution in [2.75, 3.05) is 6.61 Å². The molecule has 0 fully saturated rings. The maximum absolute atomic E-state index is 11.2. The number of benzene rings is 1.